The largest absolute Gasteiger partial charge is 0.265 e. The lowest BCUT2D eigenvalue weighted by molar-refractivity contribution is 0.849. The van der Waals surface area contributed by atoms with Crippen LogP contribution in [0.15, 0.2) is 77.8 Å². The molecule has 110 valence electrons. The van der Waals surface area contributed by atoms with Gasteiger partial charge in [0.25, 0.3) is 0 Å². The minimum atomic E-state index is -0.421. The van der Waals surface area contributed by atoms with E-state index in [1.165, 1.54) is 0 Å². The van der Waals surface area contributed by atoms with Gasteiger partial charge in [-0.05, 0) is 0 Å². The van der Waals surface area contributed by atoms with E-state index in [-0.39, 0.29) is 0 Å². The number of nitriles is 1. The lowest BCUT2D eigenvalue weighted by Gasteiger charge is -2.09. The van der Waals surface area contributed by atoms with Crippen LogP contribution in [0.3, 0.4) is 0 Å². The molecule has 2 rings (SSSR count). The number of rotatable bonds is 6. The molecule has 0 aliphatic carbocycles. The highest BCUT2D eigenvalue weighted by molar-refractivity contribution is 6.18. The molecule has 1 atom stereocenters. The number of halogens is 1. The first-order chi connectivity index (χ1) is 10.8. The molecule has 22 heavy (non-hydrogen) atoms. The van der Waals surface area contributed by atoms with Crippen molar-refractivity contribution in [2.45, 2.75) is 12.5 Å². The van der Waals surface area contributed by atoms with Crippen LogP contribution in [-0.4, -0.2) is 17.6 Å². The summed E-state index contributed by atoms with van der Waals surface area (Å²) in [5.41, 5.74) is 2.86. The zero-order valence-electron chi connectivity index (χ0n) is 12.2. The summed E-state index contributed by atoms with van der Waals surface area (Å²) in [5, 5.41) is 9.34. The highest BCUT2D eigenvalue weighted by Gasteiger charge is 2.10. The van der Waals surface area contributed by atoms with E-state index >= 15 is 0 Å². The van der Waals surface area contributed by atoms with Crippen molar-refractivity contribution in [2.75, 3.05) is 5.88 Å². The van der Waals surface area contributed by atoms with Gasteiger partial charge in [0.2, 0.25) is 0 Å². The van der Waals surface area contributed by atoms with E-state index in [1.807, 2.05) is 72.8 Å². The fraction of sp³-hybridized carbons (Fsp3) is 0.158. The monoisotopic (exact) mass is 308 g/mol. The van der Waals surface area contributed by atoms with E-state index in [9.17, 15) is 5.26 Å². The molecule has 0 aromatic heterocycles. The second-order valence-electron chi connectivity index (χ2n) is 4.72. The molecule has 0 heterocycles. The van der Waals surface area contributed by atoms with Crippen molar-refractivity contribution in [3.8, 4) is 6.07 Å². The van der Waals surface area contributed by atoms with E-state index < -0.39 is 6.04 Å². The quantitative estimate of drug-likeness (QED) is 0.436. The second-order valence-corrected chi connectivity index (χ2v) is 5.02. The molecule has 1 unspecified atom stereocenters. The van der Waals surface area contributed by atoms with Gasteiger partial charge in [-0.3, -0.25) is 4.99 Å². The van der Waals surface area contributed by atoms with Crippen molar-refractivity contribution in [2.24, 2.45) is 4.99 Å². The maximum absolute atomic E-state index is 9.34. The Morgan fingerprint density at radius 1 is 1.00 bits per heavy atom. The molecular weight excluding hydrogens is 292 g/mol. The summed E-state index contributed by atoms with van der Waals surface area (Å²) in [6.45, 7) is 0. The topological polar surface area (TPSA) is 36.1 Å². The number of nitrogens with zero attached hydrogens (tertiary/aromatic N) is 2. The Labute approximate surface area is 136 Å². The lowest BCUT2D eigenvalue weighted by Crippen LogP contribution is -2.09. The van der Waals surface area contributed by atoms with Crippen LogP contribution >= 0.6 is 11.6 Å². The molecular formula is C19H17ClN2. The Balaban J connectivity index is 2.38. The smallest absolute Gasteiger partial charge is 0.140 e. The van der Waals surface area contributed by atoms with Crippen molar-refractivity contribution in [3.05, 3.63) is 83.9 Å². The summed E-state index contributed by atoms with van der Waals surface area (Å²) in [7, 11) is 0. The van der Waals surface area contributed by atoms with Crippen LogP contribution in [0.5, 0.6) is 0 Å². The molecule has 0 saturated heterocycles. The van der Waals surface area contributed by atoms with Gasteiger partial charge in [0.15, 0.2) is 0 Å². The predicted octanol–water partition coefficient (Wildman–Crippen LogP) is 4.60. The third-order valence-electron chi connectivity index (χ3n) is 3.14. The Kier molecular flexibility index (Phi) is 6.41. The van der Waals surface area contributed by atoms with Crippen molar-refractivity contribution >= 4 is 17.3 Å². The second kappa shape index (κ2) is 8.81. The van der Waals surface area contributed by atoms with Gasteiger partial charge in [-0.2, -0.15) is 5.26 Å². The fourth-order valence-electron chi connectivity index (χ4n) is 2.09. The van der Waals surface area contributed by atoms with Crippen molar-refractivity contribution in [3.63, 3.8) is 0 Å². The Morgan fingerprint density at radius 3 is 2.00 bits per heavy atom. The molecule has 0 N–H and O–H groups in total. The minimum Gasteiger partial charge on any atom is -0.265 e. The van der Waals surface area contributed by atoms with E-state index in [2.05, 4.69) is 11.1 Å². The number of aliphatic imine (C=N–C) groups is 1. The van der Waals surface area contributed by atoms with Gasteiger partial charge in [-0.1, -0.05) is 72.8 Å². The van der Waals surface area contributed by atoms with Gasteiger partial charge >= 0.3 is 0 Å². The number of alkyl halides is 1. The van der Waals surface area contributed by atoms with Gasteiger partial charge in [0.1, 0.15) is 6.04 Å². The number of allylic oxidation sites excluding steroid dienone is 1. The third-order valence-corrected chi connectivity index (χ3v) is 3.32. The number of benzene rings is 2. The van der Waals surface area contributed by atoms with Crippen molar-refractivity contribution in [1.29, 1.82) is 5.26 Å². The van der Waals surface area contributed by atoms with Gasteiger partial charge in [0.05, 0.1) is 11.8 Å². The average Bonchev–Trinajstić information content (AvgIpc) is 2.59. The predicted molar refractivity (Wildman–Crippen MR) is 92.4 cm³/mol. The Bertz CT molecular complexity index is 628. The molecule has 0 aliphatic heterocycles. The zero-order chi connectivity index (χ0) is 15.6. The molecule has 0 spiro atoms. The maximum atomic E-state index is 9.34. The molecule has 0 aliphatic rings. The van der Waals surface area contributed by atoms with Crippen LogP contribution in [0.25, 0.3) is 0 Å². The molecule has 0 bridgehead atoms. The first-order valence-electron chi connectivity index (χ1n) is 7.14. The molecule has 2 aromatic rings. The van der Waals surface area contributed by atoms with Gasteiger partial charge in [0, 0.05) is 23.4 Å². The van der Waals surface area contributed by atoms with Gasteiger partial charge in [-0.25, -0.2) is 0 Å². The summed E-state index contributed by atoms with van der Waals surface area (Å²) in [6.07, 6.45) is 4.30. The number of hydrogen-bond donors (Lipinski definition) is 0. The van der Waals surface area contributed by atoms with Crippen LogP contribution in [-0.2, 0) is 0 Å². The fourth-order valence-corrected chi connectivity index (χ4v) is 2.21. The van der Waals surface area contributed by atoms with E-state index in [4.69, 9.17) is 11.6 Å². The summed E-state index contributed by atoms with van der Waals surface area (Å²) in [5.74, 6) is 0.450. The van der Waals surface area contributed by atoms with Crippen LogP contribution in [0.4, 0.5) is 0 Å². The molecule has 3 heteroatoms. The first kappa shape index (κ1) is 16.0. The summed E-state index contributed by atoms with van der Waals surface area (Å²) < 4.78 is 0. The minimum absolute atomic E-state index is 0.421. The van der Waals surface area contributed by atoms with Gasteiger partial charge < -0.3 is 0 Å². The van der Waals surface area contributed by atoms with E-state index in [0.717, 1.165) is 16.8 Å². The Morgan fingerprint density at radius 2 is 1.55 bits per heavy atom. The van der Waals surface area contributed by atoms with Crippen molar-refractivity contribution in [1.82, 2.24) is 0 Å². The molecule has 0 radical (unpaired) electrons. The zero-order valence-corrected chi connectivity index (χ0v) is 12.9. The number of hydrogen-bond acceptors (Lipinski definition) is 2. The van der Waals surface area contributed by atoms with Crippen LogP contribution in [0.2, 0.25) is 0 Å². The summed E-state index contributed by atoms with van der Waals surface area (Å²) in [4.78, 5) is 4.67. The van der Waals surface area contributed by atoms with Gasteiger partial charge in [-0.15, -0.1) is 11.6 Å². The van der Waals surface area contributed by atoms with Crippen LogP contribution in [0, 0.1) is 11.3 Å². The van der Waals surface area contributed by atoms with Crippen LogP contribution < -0.4 is 0 Å². The molecule has 0 amide bonds. The maximum Gasteiger partial charge on any atom is 0.140 e. The molecule has 0 fully saturated rings. The van der Waals surface area contributed by atoms with Crippen LogP contribution in [0.1, 0.15) is 17.5 Å². The third kappa shape index (κ3) is 4.58. The highest BCUT2D eigenvalue weighted by atomic mass is 35.5. The summed E-state index contributed by atoms with van der Waals surface area (Å²) >= 11 is 5.62. The average molecular weight is 309 g/mol. The molecule has 2 aromatic carbocycles. The molecule has 2 nitrogen and oxygen atoms in total. The first-order valence-corrected chi connectivity index (χ1v) is 7.68. The highest BCUT2D eigenvalue weighted by Crippen LogP contribution is 2.13. The van der Waals surface area contributed by atoms with Crippen molar-refractivity contribution < 1.29 is 0 Å². The SMILES string of the molecule is N#CC(C/C=C/CCl)N=C(c1ccccc1)c1ccccc1. The molecule has 0 saturated carbocycles. The summed E-state index contributed by atoms with van der Waals surface area (Å²) in [6, 6.07) is 21.7. The van der Waals surface area contributed by atoms with E-state index in [1.54, 1.807) is 0 Å². The standard InChI is InChI=1S/C19H17ClN2/c20-14-8-7-13-18(15-21)22-19(16-9-3-1-4-10-16)17-11-5-2-6-12-17/h1-12,18H,13-14H2/b8-7+. The Hall–Kier alpha value is -2.37. The van der Waals surface area contributed by atoms with E-state index in [0.29, 0.717) is 12.3 Å². The normalized spacial score (nSPS) is 11.8. The lowest BCUT2D eigenvalue weighted by atomic mass is 10.0.